The van der Waals surface area contributed by atoms with E-state index in [0.717, 1.165) is 25.1 Å². The van der Waals surface area contributed by atoms with Crippen LogP contribution in [0.3, 0.4) is 0 Å². The zero-order chi connectivity index (χ0) is 13.2. The predicted molar refractivity (Wildman–Crippen MR) is 70.3 cm³/mol. The number of nitrogens with two attached hydrogens (primary N) is 1. The summed E-state index contributed by atoms with van der Waals surface area (Å²) in [5, 5.41) is 0. The van der Waals surface area contributed by atoms with Crippen molar-refractivity contribution in [3.8, 4) is 0 Å². The highest BCUT2D eigenvalue weighted by atomic mass is 16.5. The summed E-state index contributed by atoms with van der Waals surface area (Å²) in [4.78, 5) is 18.3. The molecular weight excluding hydrogens is 242 g/mol. The van der Waals surface area contributed by atoms with E-state index in [1.54, 1.807) is 6.20 Å². The van der Waals surface area contributed by atoms with Crippen LogP contribution in [0.4, 0.5) is 0 Å². The molecule has 2 aliphatic rings. The summed E-state index contributed by atoms with van der Waals surface area (Å²) < 4.78 is 5.63. The van der Waals surface area contributed by atoms with Crippen molar-refractivity contribution >= 4 is 5.91 Å². The Labute approximate surface area is 112 Å². The summed E-state index contributed by atoms with van der Waals surface area (Å²) in [5.41, 5.74) is 7.00. The summed E-state index contributed by atoms with van der Waals surface area (Å²) in [6.45, 7) is 1.43. The van der Waals surface area contributed by atoms with Crippen molar-refractivity contribution in [1.29, 1.82) is 0 Å². The van der Waals surface area contributed by atoms with E-state index in [0.29, 0.717) is 13.0 Å². The average molecular weight is 261 g/mol. The molecule has 1 aromatic rings. The fraction of sp³-hybridized carbons (Fsp3) is 0.571. The van der Waals surface area contributed by atoms with Crippen LogP contribution in [-0.4, -0.2) is 41.1 Å². The second kappa shape index (κ2) is 5.27. The quantitative estimate of drug-likeness (QED) is 0.876. The molecule has 5 heteroatoms. The normalized spacial score (nSPS) is 31.1. The Kier molecular flexibility index (Phi) is 3.48. The van der Waals surface area contributed by atoms with Gasteiger partial charge < -0.3 is 15.4 Å². The lowest BCUT2D eigenvalue weighted by Gasteiger charge is -2.28. The molecule has 19 heavy (non-hydrogen) atoms. The molecule has 1 amide bonds. The van der Waals surface area contributed by atoms with Gasteiger partial charge in [0.25, 0.3) is 0 Å². The maximum absolute atomic E-state index is 12.1. The van der Waals surface area contributed by atoms with Crippen LogP contribution in [-0.2, 0) is 9.53 Å². The molecule has 0 bridgehead atoms. The van der Waals surface area contributed by atoms with Crippen molar-refractivity contribution in [3.63, 3.8) is 0 Å². The zero-order valence-electron chi connectivity index (χ0n) is 10.9. The highest BCUT2D eigenvalue weighted by Crippen LogP contribution is 2.32. The lowest BCUT2D eigenvalue weighted by Crippen LogP contribution is -2.38. The van der Waals surface area contributed by atoms with E-state index in [-0.39, 0.29) is 24.1 Å². The van der Waals surface area contributed by atoms with Crippen molar-refractivity contribution in [1.82, 2.24) is 9.88 Å². The average Bonchev–Trinajstić information content (AvgIpc) is 3.00. The van der Waals surface area contributed by atoms with Crippen LogP contribution in [0.1, 0.15) is 31.0 Å². The Balaban J connectivity index is 1.80. The van der Waals surface area contributed by atoms with E-state index in [9.17, 15) is 4.79 Å². The Hall–Kier alpha value is -1.46. The van der Waals surface area contributed by atoms with Crippen LogP contribution in [0.25, 0.3) is 0 Å². The molecule has 3 unspecified atom stereocenters. The van der Waals surface area contributed by atoms with Gasteiger partial charge in [-0.25, -0.2) is 0 Å². The fourth-order valence-corrected chi connectivity index (χ4v) is 2.97. The molecule has 2 aliphatic heterocycles. The number of hydrogen-bond donors (Lipinski definition) is 1. The third kappa shape index (κ3) is 2.48. The predicted octanol–water partition coefficient (Wildman–Crippen LogP) is 0.861. The molecule has 5 nitrogen and oxygen atoms in total. The van der Waals surface area contributed by atoms with E-state index in [1.165, 1.54) is 0 Å². The monoisotopic (exact) mass is 261 g/mol. The Morgan fingerprint density at radius 2 is 2.37 bits per heavy atom. The number of amides is 1. The first-order valence-corrected chi connectivity index (χ1v) is 6.83. The number of pyridine rings is 1. The van der Waals surface area contributed by atoms with Crippen LogP contribution >= 0.6 is 0 Å². The molecule has 2 N–H and O–H groups in total. The van der Waals surface area contributed by atoms with E-state index in [4.69, 9.17) is 10.5 Å². The number of hydrogen-bond acceptors (Lipinski definition) is 4. The van der Waals surface area contributed by atoms with Gasteiger partial charge in [0.05, 0.1) is 17.8 Å². The van der Waals surface area contributed by atoms with Crippen LogP contribution in [0.15, 0.2) is 24.4 Å². The first-order chi connectivity index (χ1) is 9.25. The van der Waals surface area contributed by atoms with Gasteiger partial charge >= 0.3 is 0 Å². The van der Waals surface area contributed by atoms with Gasteiger partial charge in [0.15, 0.2) is 0 Å². The molecule has 0 saturated carbocycles. The summed E-state index contributed by atoms with van der Waals surface area (Å²) in [6.07, 6.45) is 4.39. The molecule has 3 atom stereocenters. The summed E-state index contributed by atoms with van der Waals surface area (Å²) >= 11 is 0. The second-order valence-electron chi connectivity index (χ2n) is 5.25. The van der Waals surface area contributed by atoms with Gasteiger partial charge in [-0.05, 0) is 25.0 Å². The van der Waals surface area contributed by atoms with Gasteiger partial charge in [-0.3, -0.25) is 9.78 Å². The summed E-state index contributed by atoms with van der Waals surface area (Å²) in [7, 11) is 0. The van der Waals surface area contributed by atoms with E-state index >= 15 is 0 Å². The van der Waals surface area contributed by atoms with Gasteiger partial charge in [-0.2, -0.15) is 0 Å². The number of carbonyl (C=O) groups excluding carboxylic acids is 1. The SMILES string of the molecule is NC1CC(=O)N(CC2CCCO2)C1c1ccccn1. The van der Waals surface area contributed by atoms with Crippen molar-refractivity contribution in [2.45, 2.75) is 37.5 Å². The van der Waals surface area contributed by atoms with E-state index < -0.39 is 0 Å². The standard InChI is InChI=1S/C14H19N3O2/c15-11-8-13(18)17(9-10-4-3-7-19-10)14(11)12-5-1-2-6-16-12/h1-2,5-6,10-11,14H,3-4,7-9,15H2. The minimum Gasteiger partial charge on any atom is -0.376 e. The molecule has 2 fully saturated rings. The Bertz CT molecular complexity index is 445. The van der Waals surface area contributed by atoms with Crippen LogP contribution < -0.4 is 5.73 Å². The van der Waals surface area contributed by atoms with Crippen molar-refractivity contribution in [2.24, 2.45) is 5.73 Å². The van der Waals surface area contributed by atoms with E-state index in [1.807, 2.05) is 23.1 Å². The van der Waals surface area contributed by atoms with Gasteiger partial charge in [-0.15, -0.1) is 0 Å². The molecule has 0 aromatic carbocycles. The lowest BCUT2D eigenvalue weighted by molar-refractivity contribution is -0.130. The first kappa shape index (κ1) is 12.6. The topological polar surface area (TPSA) is 68.5 Å². The first-order valence-electron chi connectivity index (χ1n) is 6.83. The molecule has 2 saturated heterocycles. The summed E-state index contributed by atoms with van der Waals surface area (Å²) in [6, 6.07) is 5.45. The number of nitrogens with zero attached hydrogens (tertiary/aromatic N) is 2. The lowest BCUT2D eigenvalue weighted by atomic mass is 10.1. The molecule has 0 aliphatic carbocycles. The molecule has 1 aromatic heterocycles. The maximum Gasteiger partial charge on any atom is 0.224 e. The number of rotatable bonds is 3. The minimum atomic E-state index is -0.177. The van der Waals surface area contributed by atoms with Crippen LogP contribution in [0.2, 0.25) is 0 Å². The van der Waals surface area contributed by atoms with E-state index in [2.05, 4.69) is 4.98 Å². The third-order valence-corrected chi connectivity index (χ3v) is 3.89. The zero-order valence-corrected chi connectivity index (χ0v) is 10.9. The van der Waals surface area contributed by atoms with Crippen LogP contribution in [0, 0.1) is 0 Å². The van der Waals surface area contributed by atoms with Crippen molar-refractivity contribution < 1.29 is 9.53 Å². The van der Waals surface area contributed by atoms with Gasteiger partial charge in [-0.1, -0.05) is 6.07 Å². The van der Waals surface area contributed by atoms with Gasteiger partial charge in [0.1, 0.15) is 0 Å². The molecule has 0 spiro atoms. The number of ether oxygens (including phenoxy) is 1. The molecule has 3 rings (SSSR count). The van der Waals surface area contributed by atoms with Crippen molar-refractivity contribution in [3.05, 3.63) is 30.1 Å². The number of likely N-dealkylation sites (tertiary alicyclic amines) is 1. The van der Waals surface area contributed by atoms with Crippen LogP contribution in [0.5, 0.6) is 0 Å². The highest BCUT2D eigenvalue weighted by molar-refractivity contribution is 5.80. The Morgan fingerprint density at radius 1 is 1.47 bits per heavy atom. The molecule has 102 valence electrons. The molecule has 0 radical (unpaired) electrons. The smallest absolute Gasteiger partial charge is 0.224 e. The van der Waals surface area contributed by atoms with Gasteiger partial charge in [0, 0.05) is 31.8 Å². The largest absolute Gasteiger partial charge is 0.376 e. The fourth-order valence-electron chi connectivity index (χ4n) is 2.97. The molecule has 3 heterocycles. The highest BCUT2D eigenvalue weighted by Gasteiger charge is 2.40. The second-order valence-corrected chi connectivity index (χ2v) is 5.25. The molecular formula is C14H19N3O2. The third-order valence-electron chi connectivity index (χ3n) is 3.89. The number of aromatic nitrogens is 1. The Morgan fingerprint density at radius 3 is 3.05 bits per heavy atom. The maximum atomic E-state index is 12.1. The minimum absolute atomic E-state index is 0.110. The van der Waals surface area contributed by atoms with Gasteiger partial charge in [0.2, 0.25) is 5.91 Å². The van der Waals surface area contributed by atoms with Crippen molar-refractivity contribution in [2.75, 3.05) is 13.2 Å². The summed E-state index contributed by atoms with van der Waals surface area (Å²) in [5.74, 6) is 0.110. The number of carbonyl (C=O) groups is 1.